The zero-order valence-corrected chi connectivity index (χ0v) is 16.7. The second kappa shape index (κ2) is 10.3. The van der Waals surface area contributed by atoms with Gasteiger partial charge in [-0.2, -0.15) is 18.3 Å². The standard InChI is InChI=1S/C23H18F3N3O3/c24-23(25,26)18-8-4-6-17(16-18)7-5-13-27-22(31)20-11-12-21(30)29(28-20)14-15-32-19-9-2-1-3-10-19/h1-4,6,8-12,16H,13-15H2,(H,27,31). The average molecular weight is 441 g/mol. The van der Waals surface area contributed by atoms with E-state index in [1.807, 2.05) is 18.2 Å². The predicted octanol–water partition coefficient (Wildman–Crippen LogP) is 3.12. The van der Waals surface area contributed by atoms with Gasteiger partial charge in [-0.25, -0.2) is 4.68 Å². The van der Waals surface area contributed by atoms with Crippen molar-refractivity contribution in [3.63, 3.8) is 0 Å². The van der Waals surface area contributed by atoms with Crippen molar-refractivity contribution in [2.24, 2.45) is 0 Å². The molecular formula is C23H18F3N3O3. The van der Waals surface area contributed by atoms with E-state index in [2.05, 4.69) is 22.3 Å². The van der Waals surface area contributed by atoms with Crippen LogP contribution in [-0.2, 0) is 12.7 Å². The largest absolute Gasteiger partial charge is 0.492 e. The summed E-state index contributed by atoms with van der Waals surface area (Å²) in [6, 6.07) is 16.2. The molecule has 0 radical (unpaired) electrons. The van der Waals surface area contributed by atoms with Crippen LogP contribution in [0.1, 0.15) is 21.6 Å². The first-order valence-corrected chi connectivity index (χ1v) is 9.53. The molecule has 0 saturated heterocycles. The Hall–Kier alpha value is -4.06. The molecule has 3 rings (SSSR count). The average Bonchev–Trinajstić information content (AvgIpc) is 2.78. The van der Waals surface area contributed by atoms with Crippen LogP contribution in [0.15, 0.2) is 71.5 Å². The summed E-state index contributed by atoms with van der Waals surface area (Å²) in [6.07, 6.45) is -4.45. The summed E-state index contributed by atoms with van der Waals surface area (Å²) < 4.78 is 44.8. The van der Waals surface area contributed by atoms with Gasteiger partial charge in [-0.1, -0.05) is 36.1 Å². The third kappa shape index (κ3) is 6.47. The highest BCUT2D eigenvalue weighted by Crippen LogP contribution is 2.29. The summed E-state index contributed by atoms with van der Waals surface area (Å²) in [7, 11) is 0. The van der Waals surface area contributed by atoms with Crippen LogP contribution < -0.4 is 15.6 Å². The van der Waals surface area contributed by atoms with Crippen LogP contribution in [0.5, 0.6) is 5.75 Å². The van der Waals surface area contributed by atoms with Gasteiger partial charge in [0.15, 0.2) is 0 Å². The quantitative estimate of drug-likeness (QED) is 0.597. The van der Waals surface area contributed by atoms with Gasteiger partial charge in [0, 0.05) is 11.6 Å². The number of amides is 1. The van der Waals surface area contributed by atoms with E-state index in [4.69, 9.17) is 4.74 Å². The number of alkyl halides is 3. The Morgan fingerprint density at radius 1 is 1.06 bits per heavy atom. The SMILES string of the molecule is O=C(NCC#Cc1cccc(C(F)(F)F)c1)c1ccc(=O)n(CCOc2ccccc2)n1. The number of carbonyl (C=O) groups excluding carboxylic acids is 1. The van der Waals surface area contributed by atoms with Crippen LogP contribution in [0.3, 0.4) is 0 Å². The lowest BCUT2D eigenvalue weighted by Gasteiger charge is -2.08. The fraction of sp³-hybridized carbons (Fsp3) is 0.174. The van der Waals surface area contributed by atoms with Crippen molar-refractivity contribution in [1.82, 2.24) is 15.1 Å². The van der Waals surface area contributed by atoms with Crippen LogP contribution in [0.4, 0.5) is 13.2 Å². The van der Waals surface area contributed by atoms with Gasteiger partial charge in [-0.15, -0.1) is 0 Å². The number of ether oxygens (including phenoxy) is 1. The molecule has 0 unspecified atom stereocenters. The van der Waals surface area contributed by atoms with Crippen molar-refractivity contribution >= 4 is 5.91 Å². The molecule has 1 N–H and O–H groups in total. The van der Waals surface area contributed by atoms with Gasteiger partial charge in [-0.05, 0) is 36.4 Å². The number of hydrogen-bond donors (Lipinski definition) is 1. The summed E-state index contributed by atoms with van der Waals surface area (Å²) in [5.74, 6) is 5.24. The van der Waals surface area contributed by atoms with Crippen molar-refractivity contribution in [2.45, 2.75) is 12.7 Å². The van der Waals surface area contributed by atoms with Crippen molar-refractivity contribution in [1.29, 1.82) is 0 Å². The van der Waals surface area contributed by atoms with Crippen LogP contribution in [0, 0.1) is 11.8 Å². The zero-order chi connectivity index (χ0) is 23.0. The molecule has 0 spiro atoms. The Balaban J connectivity index is 1.56. The summed E-state index contributed by atoms with van der Waals surface area (Å²) >= 11 is 0. The van der Waals surface area contributed by atoms with Crippen LogP contribution in [-0.4, -0.2) is 28.8 Å². The molecule has 1 aromatic heterocycles. The third-order valence-electron chi connectivity index (χ3n) is 4.17. The molecule has 1 heterocycles. The van der Waals surface area contributed by atoms with Gasteiger partial charge in [0.05, 0.1) is 18.7 Å². The van der Waals surface area contributed by atoms with Crippen molar-refractivity contribution < 1.29 is 22.7 Å². The molecular weight excluding hydrogens is 423 g/mol. The Morgan fingerprint density at radius 2 is 1.84 bits per heavy atom. The van der Waals surface area contributed by atoms with Gasteiger partial charge < -0.3 is 10.1 Å². The monoisotopic (exact) mass is 441 g/mol. The molecule has 9 heteroatoms. The molecule has 164 valence electrons. The van der Waals surface area contributed by atoms with E-state index in [9.17, 15) is 22.8 Å². The van der Waals surface area contributed by atoms with E-state index >= 15 is 0 Å². The number of hydrogen-bond acceptors (Lipinski definition) is 4. The Labute approximate surface area is 181 Å². The molecule has 0 aliphatic rings. The number of halogens is 3. The molecule has 32 heavy (non-hydrogen) atoms. The topological polar surface area (TPSA) is 73.2 Å². The Morgan fingerprint density at radius 3 is 2.59 bits per heavy atom. The highest BCUT2D eigenvalue weighted by molar-refractivity contribution is 5.92. The lowest BCUT2D eigenvalue weighted by molar-refractivity contribution is -0.137. The molecule has 2 aromatic carbocycles. The second-order valence-electron chi connectivity index (χ2n) is 6.50. The van der Waals surface area contributed by atoms with Gasteiger partial charge in [-0.3, -0.25) is 9.59 Å². The first-order chi connectivity index (χ1) is 15.3. The molecule has 0 aliphatic carbocycles. The number of carbonyl (C=O) groups is 1. The van der Waals surface area contributed by atoms with Crippen molar-refractivity contribution in [2.75, 3.05) is 13.2 Å². The van der Waals surface area contributed by atoms with Gasteiger partial charge in [0.1, 0.15) is 18.1 Å². The first-order valence-electron chi connectivity index (χ1n) is 9.53. The number of benzene rings is 2. The van der Waals surface area contributed by atoms with E-state index in [0.717, 1.165) is 16.8 Å². The minimum atomic E-state index is -4.45. The van der Waals surface area contributed by atoms with E-state index in [1.54, 1.807) is 12.1 Å². The molecule has 0 aliphatic heterocycles. The predicted molar refractivity (Wildman–Crippen MR) is 111 cm³/mol. The highest BCUT2D eigenvalue weighted by Gasteiger charge is 2.30. The maximum atomic E-state index is 12.7. The lowest BCUT2D eigenvalue weighted by atomic mass is 10.1. The third-order valence-corrected chi connectivity index (χ3v) is 4.17. The van der Waals surface area contributed by atoms with E-state index in [0.29, 0.717) is 5.75 Å². The first kappa shape index (κ1) is 22.6. The molecule has 1 amide bonds. The van der Waals surface area contributed by atoms with E-state index in [1.165, 1.54) is 24.3 Å². The fourth-order valence-electron chi connectivity index (χ4n) is 2.63. The number of para-hydroxylation sites is 1. The maximum absolute atomic E-state index is 12.7. The van der Waals surface area contributed by atoms with Gasteiger partial charge in [0.2, 0.25) is 0 Å². The highest BCUT2D eigenvalue weighted by atomic mass is 19.4. The number of aromatic nitrogens is 2. The summed E-state index contributed by atoms with van der Waals surface area (Å²) in [6.45, 7) is 0.224. The number of nitrogens with one attached hydrogen (secondary N) is 1. The smallest absolute Gasteiger partial charge is 0.416 e. The second-order valence-corrected chi connectivity index (χ2v) is 6.50. The van der Waals surface area contributed by atoms with E-state index < -0.39 is 17.6 Å². The summed E-state index contributed by atoms with van der Waals surface area (Å²) in [5.41, 5.74) is -0.997. The van der Waals surface area contributed by atoms with Gasteiger partial charge >= 0.3 is 6.18 Å². The lowest BCUT2D eigenvalue weighted by Crippen LogP contribution is -2.31. The maximum Gasteiger partial charge on any atom is 0.416 e. The Kier molecular flexibility index (Phi) is 7.29. The number of nitrogens with zero attached hydrogens (tertiary/aromatic N) is 2. The van der Waals surface area contributed by atoms with Crippen LogP contribution in [0.25, 0.3) is 0 Å². The minimum Gasteiger partial charge on any atom is -0.492 e. The van der Waals surface area contributed by atoms with Crippen molar-refractivity contribution in [3.8, 4) is 17.6 Å². The molecule has 6 nitrogen and oxygen atoms in total. The molecule has 0 fully saturated rings. The minimum absolute atomic E-state index is 0.00480. The Bertz CT molecular complexity index is 1200. The zero-order valence-electron chi connectivity index (χ0n) is 16.7. The molecule has 0 saturated carbocycles. The summed E-state index contributed by atoms with van der Waals surface area (Å²) in [4.78, 5) is 24.2. The summed E-state index contributed by atoms with van der Waals surface area (Å²) in [5, 5.41) is 6.52. The van der Waals surface area contributed by atoms with Crippen molar-refractivity contribution in [3.05, 3.63) is 93.9 Å². The van der Waals surface area contributed by atoms with Crippen LogP contribution in [0.2, 0.25) is 0 Å². The molecule has 0 atom stereocenters. The normalized spacial score (nSPS) is 10.7. The number of rotatable bonds is 6. The molecule has 3 aromatic rings. The van der Waals surface area contributed by atoms with E-state index in [-0.39, 0.29) is 36.5 Å². The molecule has 0 bridgehead atoms. The van der Waals surface area contributed by atoms with Crippen LogP contribution >= 0.6 is 0 Å². The van der Waals surface area contributed by atoms with Gasteiger partial charge in [0.25, 0.3) is 11.5 Å². The fourth-order valence-corrected chi connectivity index (χ4v) is 2.63.